The molecule has 0 radical (unpaired) electrons. The molecule has 0 N–H and O–H groups in total. The summed E-state index contributed by atoms with van der Waals surface area (Å²) in [5.74, 6) is -0.329. The first-order valence-corrected chi connectivity index (χ1v) is 7.97. The Morgan fingerprint density at radius 2 is 1.96 bits per heavy atom. The summed E-state index contributed by atoms with van der Waals surface area (Å²) in [6.45, 7) is 0. The molecule has 0 amide bonds. The van der Waals surface area contributed by atoms with E-state index >= 15 is 0 Å². The molecule has 1 heterocycles. The largest absolute Gasteiger partial charge is 0.270 e. The van der Waals surface area contributed by atoms with Crippen LogP contribution in [-0.2, 0) is 0 Å². The Bertz CT molecular complexity index is 1000. The molecule has 5 nitrogen and oxygen atoms in total. The van der Waals surface area contributed by atoms with Gasteiger partial charge in [0.15, 0.2) is 0 Å². The lowest BCUT2D eigenvalue weighted by Gasteiger charge is -1.95. The quantitative estimate of drug-likeness (QED) is 0.373. The van der Waals surface area contributed by atoms with E-state index in [1.54, 1.807) is 30.3 Å². The smallest absolute Gasteiger partial charge is 0.258 e. The van der Waals surface area contributed by atoms with Gasteiger partial charge >= 0.3 is 0 Å². The summed E-state index contributed by atoms with van der Waals surface area (Å²) >= 11 is 1.26. The number of non-ortho nitro benzene ring substituents is 1. The van der Waals surface area contributed by atoms with Crippen LogP contribution < -0.4 is 0 Å². The molecule has 0 aliphatic rings. The molecular weight excluding hydrogens is 341 g/mol. The zero-order valence-corrected chi connectivity index (χ0v) is 13.5. The molecule has 122 valence electrons. The molecule has 3 aromatic rings. The monoisotopic (exact) mass is 351 g/mol. The predicted molar refractivity (Wildman–Crippen MR) is 94.8 cm³/mol. The van der Waals surface area contributed by atoms with Crippen LogP contribution in [0.5, 0.6) is 0 Å². The fourth-order valence-electron chi connectivity index (χ4n) is 2.18. The zero-order chi connectivity index (χ0) is 17.8. The molecule has 0 spiro atoms. The number of nitro benzene ring substituents is 1. The van der Waals surface area contributed by atoms with Gasteiger partial charge < -0.3 is 0 Å². The average Bonchev–Trinajstić information content (AvgIpc) is 3.04. The number of benzene rings is 2. The first-order valence-electron chi connectivity index (χ1n) is 7.15. The summed E-state index contributed by atoms with van der Waals surface area (Å²) in [7, 11) is 0. The maximum atomic E-state index is 13.0. The maximum Gasteiger partial charge on any atom is 0.270 e. The number of hydrogen-bond acceptors (Lipinski definition) is 5. The van der Waals surface area contributed by atoms with Crippen molar-refractivity contribution in [1.82, 2.24) is 0 Å². The van der Waals surface area contributed by atoms with Crippen molar-refractivity contribution < 1.29 is 9.31 Å². The third-order valence-corrected chi connectivity index (χ3v) is 4.45. The predicted octanol–water partition coefficient (Wildman–Crippen LogP) is 5.08. The molecule has 0 unspecified atom stereocenters. The van der Waals surface area contributed by atoms with Crippen LogP contribution in [-0.4, -0.2) is 11.1 Å². The van der Waals surface area contributed by atoms with E-state index in [9.17, 15) is 19.8 Å². The first-order chi connectivity index (χ1) is 12.1. The SMILES string of the molecule is N#Cc1sc(-c2ccc(F)cc2)cc1N=Cc1cccc([N+](=O)[O-])c1. The molecule has 2 aromatic carbocycles. The van der Waals surface area contributed by atoms with Crippen molar-refractivity contribution in [1.29, 1.82) is 5.26 Å². The van der Waals surface area contributed by atoms with Crippen LogP contribution in [0.1, 0.15) is 10.4 Å². The first kappa shape index (κ1) is 16.5. The van der Waals surface area contributed by atoms with E-state index in [0.717, 1.165) is 10.4 Å². The number of thiophene rings is 1. The lowest BCUT2D eigenvalue weighted by atomic mass is 10.2. The summed E-state index contributed by atoms with van der Waals surface area (Å²) in [6, 6.07) is 15.9. The third kappa shape index (κ3) is 3.76. The van der Waals surface area contributed by atoms with E-state index in [2.05, 4.69) is 11.1 Å². The van der Waals surface area contributed by atoms with Gasteiger partial charge in [0, 0.05) is 23.2 Å². The number of aliphatic imine (C=N–C) groups is 1. The van der Waals surface area contributed by atoms with Crippen molar-refractivity contribution in [2.75, 3.05) is 0 Å². The summed E-state index contributed by atoms with van der Waals surface area (Å²) in [5, 5.41) is 20.1. The summed E-state index contributed by atoms with van der Waals surface area (Å²) in [5.41, 5.74) is 1.80. The van der Waals surface area contributed by atoms with Gasteiger partial charge in [0.2, 0.25) is 0 Å². The Hall–Kier alpha value is -3.37. The number of nitro groups is 1. The van der Waals surface area contributed by atoms with Gasteiger partial charge in [0.05, 0.1) is 10.6 Å². The Morgan fingerprint density at radius 3 is 2.64 bits per heavy atom. The molecule has 0 fully saturated rings. The van der Waals surface area contributed by atoms with E-state index in [1.165, 1.54) is 41.8 Å². The number of rotatable bonds is 4. The zero-order valence-electron chi connectivity index (χ0n) is 12.7. The Balaban J connectivity index is 1.92. The van der Waals surface area contributed by atoms with Crippen LogP contribution in [0.25, 0.3) is 10.4 Å². The van der Waals surface area contributed by atoms with Crippen molar-refractivity contribution in [3.8, 4) is 16.5 Å². The topological polar surface area (TPSA) is 79.3 Å². The van der Waals surface area contributed by atoms with Crippen LogP contribution in [0.2, 0.25) is 0 Å². The van der Waals surface area contributed by atoms with Crippen molar-refractivity contribution in [3.63, 3.8) is 0 Å². The van der Waals surface area contributed by atoms with Crippen molar-refractivity contribution in [2.24, 2.45) is 4.99 Å². The molecule has 25 heavy (non-hydrogen) atoms. The van der Waals surface area contributed by atoms with Crippen LogP contribution in [0.4, 0.5) is 15.8 Å². The molecule has 3 rings (SSSR count). The summed E-state index contributed by atoms with van der Waals surface area (Å²) < 4.78 is 13.0. The molecular formula is C18H10FN3O2S. The lowest BCUT2D eigenvalue weighted by Crippen LogP contribution is -1.89. The van der Waals surface area contributed by atoms with Gasteiger partial charge in [0.25, 0.3) is 5.69 Å². The fourth-order valence-corrected chi connectivity index (χ4v) is 3.08. The highest BCUT2D eigenvalue weighted by atomic mass is 32.1. The molecule has 0 saturated heterocycles. The molecule has 0 saturated carbocycles. The van der Waals surface area contributed by atoms with Crippen LogP contribution in [0.3, 0.4) is 0 Å². The van der Waals surface area contributed by atoms with E-state index < -0.39 is 4.92 Å². The second-order valence-corrected chi connectivity index (χ2v) is 6.11. The van der Waals surface area contributed by atoms with Crippen molar-refractivity contribution >= 4 is 28.9 Å². The van der Waals surface area contributed by atoms with E-state index in [0.29, 0.717) is 16.1 Å². The number of hydrogen-bond donors (Lipinski definition) is 0. The second-order valence-electron chi connectivity index (χ2n) is 5.05. The second kappa shape index (κ2) is 7.03. The van der Waals surface area contributed by atoms with E-state index in [4.69, 9.17) is 0 Å². The summed E-state index contributed by atoms with van der Waals surface area (Å²) in [4.78, 5) is 15.8. The molecule has 0 aliphatic heterocycles. The van der Waals surface area contributed by atoms with Crippen molar-refractivity contribution in [3.05, 3.63) is 81.0 Å². The Labute approximate surface area is 146 Å². The average molecular weight is 351 g/mol. The standard InChI is InChI=1S/C18H10FN3O2S/c19-14-6-4-13(5-7-14)17-9-16(18(10-20)25-17)21-11-12-2-1-3-15(8-12)22(23)24/h1-9,11H. The van der Waals surface area contributed by atoms with Gasteiger partial charge in [-0.15, -0.1) is 11.3 Å². The maximum absolute atomic E-state index is 13.0. The molecule has 0 atom stereocenters. The van der Waals surface area contributed by atoms with Crippen LogP contribution >= 0.6 is 11.3 Å². The van der Waals surface area contributed by atoms with Gasteiger partial charge in [-0.2, -0.15) is 5.26 Å². The molecule has 0 bridgehead atoms. The lowest BCUT2D eigenvalue weighted by molar-refractivity contribution is -0.384. The minimum Gasteiger partial charge on any atom is -0.258 e. The normalized spacial score (nSPS) is 10.7. The Morgan fingerprint density at radius 1 is 1.20 bits per heavy atom. The van der Waals surface area contributed by atoms with Crippen molar-refractivity contribution in [2.45, 2.75) is 0 Å². The van der Waals surface area contributed by atoms with Crippen LogP contribution in [0, 0.1) is 27.3 Å². The fraction of sp³-hybridized carbons (Fsp3) is 0. The molecule has 1 aromatic heterocycles. The van der Waals surface area contributed by atoms with Gasteiger partial charge in [-0.1, -0.05) is 24.3 Å². The number of halogens is 1. The summed E-state index contributed by atoms with van der Waals surface area (Å²) in [6.07, 6.45) is 1.48. The van der Waals surface area contributed by atoms with Gasteiger partial charge in [-0.3, -0.25) is 15.1 Å². The van der Waals surface area contributed by atoms with Crippen LogP contribution in [0.15, 0.2) is 59.6 Å². The number of nitriles is 1. The third-order valence-electron chi connectivity index (χ3n) is 3.38. The minimum atomic E-state index is -0.477. The highest BCUT2D eigenvalue weighted by Crippen LogP contribution is 2.36. The van der Waals surface area contributed by atoms with Gasteiger partial charge in [-0.25, -0.2) is 4.39 Å². The molecule has 7 heteroatoms. The highest BCUT2D eigenvalue weighted by Gasteiger charge is 2.10. The molecule has 0 aliphatic carbocycles. The van der Waals surface area contributed by atoms with Gasteiger partial charge in [-0.05, 0) is 29.3 Å². The minimum absolute atomic E-state index is 0.0261. The van der Waals surface area contributed by atoms with Gasteiger partial charge in [0.1, 0.15) is 16.8 Å². The Kier molecular flexibility index (Phi) is 4.64. The van der Waals surface area contributed by atoms with E-state index in [1.807, 2.05) is 0 Å². The number of nitrogens with zero attached hydrogens (tertiary/aromatic N) is 3. The highest BCUT2D eigenvalue weighted by molar-refractivity contribution is 7.16. The van der Waals surface area contributed by atoms with E-state index in [-0.39, 0.29) is 11.5 Å².